The average Bonchev–Trinajstić information content (AvgIpc) is 3.48. The van der Waals surface area contributed by atoms with Crippen LogP contribution in [0.4, 0.5) is 17.1 Å². The van der Waals surface area contributed by atoms with Gasteiger partial charge >= 0.3 is 15.6 Å². The van der Waals surface area contributed by atoms with Crippen molar-refractivity contribution in [3.05, 3.63) is 214 Å². The second kappa shape index (κ2) is 24.9. The SMILES string of the molecule is CC(C)=CCCC(C)=CCCC(C)=CCN1C(=O)c2cccc(OP(=O)(OCc3ccccc3)OCc3ccccc3)c2Nc2c(O)cc(OP(=O)(OCc3ccccc3)OCc3ccccc3)cc21. The Balaban J connectivity index is 1.23. The minimum atomic E-state index is -4.43. The van der Waals surface area contributed by atoms with E-state index in [4.69, 9.17) is 27.1 Å². The summed E-state index contributed by atoms with van der Waals surface area (Å²) in [6.07, 6.45) is 9.98. The highest BCUT2D eigenvalue weighted by Crippen LogP contribution is 2.56. The number of carbonyl (C=O) groups is 1. The number of nitrogens with zero attached hydrogens (tertiary/aromatic N) is 1. The maximum absolute atomic E-state index is 15.1. The Morgan fingerprint density at radius 1 is 0.557 bits per heavy atom. The number of anilines is 3. The number of benzene rings is 6. The molecule has 1 aliphatic rings. The first-order valence-corrected chi connectivity index (χ1v) is 26.1. The van der Waals surface area contributed by atoms with Crippen LogP contribution in [-0.2, 0) is 53.7 Å². The molecule has 0 aromatic heterocycles. The number of amides is 1. The minimum Gasteiger partial charge on any atom is -0.506 e. The van der Waals surface area contributed by atoms with Crippen LogP contribution in [-0.4, -0.2) is 17.6 Å². The van der Waals surface area contributed by atoms with E-state index >= 15 is 4.79 Å². The Kier molecular flexibility index (Phi) is 18.3. The zero-order chi connectivity index (χ0) is 49.4. The number of para-hydroxylation sites is 1. The summed E-state index contributed by atoms with van der Waals surface area (Å²) in [6, 6.07) is 44.2. The Labute approximate surface area is 411 Å². The summed E-state index contributed by atoms with van der Waals surface area (Å²) < 4.78 is 65.4. The van der Waals surface area contributed by atoms with Crippen LogP contribution in [0.5, 0.6) is 17.2 Å². The van der Waals surface area contributed by atoms with Gasteiger partial charge in [-0.25, -0.2) is 9.13 Å². The fourth-order valence-electron chi connectivity index (χ4n) is 7.38. The number of hydrogen-bond donors (Lipinski definition) is 2. The van der Waals surface area contributed by atoms with Crippen molar-refractivity contribution in [1.29, 1.82) is 0 Å². The van der Waals surface area contributed by atoms with Crippen LogP contribution in [0.1, 0.15) is 86.0 Å². The standard InChI is InChI=1S/C56H60N2O10P2/c1-42(2)20-17-21-43(3)22-18-23-44(4)34-35-58-51-36-49(67-69(61,63-38-45-24-9-5-10-25-45)64-39-46-26-11-6-12-27-46)37-52(59)55(51)57-54-50(56(58)60)32-19-33-53(54)68-70(62,65-40-47-28-13-7-14-29-47)66-41-48-30-15-8-16-31-48/h5-16,19-20,22,24-34,36-37,57,59H,17-18,21,23,35,38-41H2,1-4H3. The van der Waals surface area contributed by atoms with Gasteiger partial charge < -0.3 is 24.4 Å². The summed E-state index contributed by atoms with van der Waals surface area (Å²) >= 11 is 0. The van der Waals surface area contributed by atoms with Gasteiger partial charge in [0.2, 0.25) is 0 Å². The van der Waals surface area contributed by atoms with Gasteiger partial charge in [-0.05, 0) is 87.8 Å². The normalized spacial score (nSPS) is 12.9. The van der Waals surface area contributed by atoms with Crippen LogP contribution in [0.3, 0.4) is 0 Å². The molecule has 0 bridgehead atoms. The molecule has 364 valence electrons. The number of nitrogens with one attached hydrogen (secondary N) is 1. The van der Waals surface area contributed by atoms with Crippen molar-refractivity contribution in [1.82, 2.24) is 0 Å². The van der Waals surface area contributed by atoms with E-state index < -0.39 is 21.6 Å². The number of allylic oxidation sites excluding steroid dienone is 5. The first-order valence-electron chi connectivity index (χ1n) is 23.2. The monoisotopic (exact) mass is 982 g/mol. The van der Waals surface area contributed by atoms with Crippen molar-refractivity contribution < 1.29 is 46.2 Å². The third-order valence-electron chi connectivity index (χ3n) is 11.2. The second-order valence-corrected chi connectivity index (χ2v) is 20.3. The van der Waals surface area contributed by atoms with Crippen molar-refractivity contribution in [2.75, 3.05) is 16.8 Å². The van der Waals surface area contributed by atoms with Crippen molar-refractivity contribution in [2.24, 2.45) is 0 Å². The third-order valence-corrected chi connectivity index (χ3v) is 13.8. The number of phosphoric ester groups is 2. The zero-order valence-electron chi connectivity index (χ0n) is 40.0. The van der Waals surface area contributed by atoms with Gasteiger partial charge in [-0.2, -0.15) is 0 Å². The van der Waals surface area contributed by atoms with E-state index in [1.54, 1.807) is 12.1 Å². The number of aromatic hydroxyl groups is 1. The lowest BCUT2D eigenvalue weighted by Crippen LogP contribution is -2.30. The number of phenolic OH excluding ortho intramolecular Hbond substituents is 1. The summed E-state index contributed by atoms with van der Waals surface area (Å²) in [5, 5.41) is 15.2. The van der Waals surface area contributed by atoms with Gasteiger partial charge in [0.1, 0.15) is 17.2 Å². The van der Waals surface area contributed by atoms with E-state index in [1.165, 1.54) is 34.2 Å². The van der Waals surface area contributed by atoms with Crippen molar-refractivity contribution >= 4 is 38.6 Å². The van der Waals surface area contributed by atoms with E-state index in [0.29, 0.717) is 0 Å². The van der Waals surface area contributed by atoms with Gasteiger partial charge in [-0.15, -0.1) is 0 Å². The minimum absolute atomic E-state index is 0.0329. The van der Waals surface area contributed by atoms with E-state index in [1.807, 2.05) is 134 Å². The molecule has 7 rings (SSSR count). The van der Waals surface area contributed by atoms with Gasteiger partial charge in [-0.1, -0.05) is 162 Å². The Bertz CT molecular complexity index is 2780. The Morgan fingerprint density at radius 3 is 1.50 bits per heavy atom. The molecule has 2 N–H and O–H groups in total. The molecule has 0 saturated carbocycles. The molecule has 1 heterocycles. The lowest BCUT2D eigenvalue weighted by molar-refractivity contribution is 0.0990. The van der Waals surface area contributed by atoms with Crippen LogP contribution >= 0.6 is 15.6 Å². The highest BCUT2D eigenvalue weighted by molar-refractivity contribution is 7.49. The van der Waals surface area contributed by atoms with E-state index in [-0.39, 0.29) is 72.8 Å². The molecule has 12 nitrogen and oxygen atoms in total. The van der Waals surface area contributed by atoms with Crippen LogP contribution < -0.4 is 19.3 Å². The summed E-state index contributed by atoms with van der Waals surface area (Å²) in [5.74, 6) is -0.986. The molecule has 0 saturated heterocycles. The molecule has 0 spiro atoms. The van der Waals surface area contributed by atoms with E-state index in [2.05, 4.69) is 38.2 Å². The van der Waals surface area contributed by atoms with Crippen LogP contribution in [0.2, 0.25) is 0 Å². The average molecular weight is 983 g/mol. The molecule has 0 radical (unpaired) electrons. The van der Waals surface area contributed by atoms with Gasteiger partial charge in [0.15, 0.2) is 5.75 Å². The molecule has 0 unspecified atom stereocenters. The highest BCUT2D eigenvalue weighted by Gasteiger charge is 2.36. The molecule has 6 aromatic carbocycles. The van der Waals surface area contributed by atoms with Gasteiger partial charge in [0, 0.05) is 18.7 Å². The summed E-state index contributed by atoms with van der Waals surface area (Å²) in [7, 11) is -8.85. The Hall–Kier alpha value is -6.49. The lowest BCUT2D eigenvalue weighted by atomic mass is 10.1. The van der Waals surface area contributed by atoms with Crippen molar-refractivity contribution in [3.8, 4) is 17.2 Å². The first kappa shape index (κ1) is 51.4. The number of fused-ring (bicyclic) bond motifs is 2. The molecule has 1 amide bonds. The van der Waals surface area contributed by atoms with Crippen LogP contribution in [0.15, 0.2) is 187 Å². The van der Waals surface area contributed by atoms with E-state index in [9.17, 15) is 14.2 Å². The summed E-state index contributed by atoms with van der Waals surface area (Å²) in [4.78, 5) is 16.5. The maximum Gasteiger partial charge on any atom is 0.530 e. The van der Waals surface area contributed by atoms with Crippen molar-refractivity contribution in [2.45, 2.75) is 79.8 Å². The maximum atomic E-state index is 15.1. The molecule has 0 aliphatic carbocycles. The Morgan fingerprint density at radius 2 is 1.01 bits per heavy atom. The van der Waals surface area contributed by atoms with Crippen LogP contribution in [0.25, 0.3) is 0 Å². The third kappa shape index (κ3) is 15.0. The molecule has 70 heavy (non-hydrogen) atoms. The first-order chi connectivity index (χ1) is 33.8. The lowest BCUT2D eigenvalue weighted by Gasteiger charge is -2.24. The zero-order valence-corrected chi connectivity index (χ0v) is 41.8. The highest BCUT2D eigenvalue weighted by atomic mass is 31.2. The number of rotatable bonds is 24. The number of carbonyl (C=O) groups excluding carboxylic acids is 1. The van der Waals surface area contributed by atoms with Gasteiger partial charge in [0.05, 0.1) is 43.4 Å². The van der Waals surface area contributed by atoms with E-state index in [0.717, 1.165) is 53.5 Å². The molecular weight excluding hydrogens is 923 g/mol. The topological polar surface area (TPSA) is 142 Å². The fourth-order valence-corrected chi connectivity index (χ4v) is 9.73. The molecule has 14 heteroatoms. The predicted molar refractivity (Wildman–Crippen MR) is 276 cm³/mol. The summed E-state index contributed by atoms with van der Waals surface area (Å²) in [5.41, 5.74) is 7.08. The molecule has 0 fully saturated rings. The molecule has 6 aromatic rings. The molecule has 0 atom stereocenters. The van der Waals surface area contributed by atoms with Crippen molar-refractivity contribution in [3.63, 3.8) is 0 Å². The van der Waals surface area contributed by atoms with Gasteiger partial charge in [-0.3, -0.25) is 22.9 Å². The fraction of sp³-hybridized carbons (Fsp3) is 0.232. The molecular formula is C56H60N2O10P2. The molecule has 1 aliphatic heterocycles. The van der Waals surface area contributed by atoms with Crippen LogP contribution in [0, 0.1) is 0 Å². The number of phenols is 1. The number of phosphoric acid groups is 2. The number of hydrogen-bond acceptors (Lipinski definition) is 11. The van der Waals surface area contributed by atoms with Gasteiger partial charge in [0.25, 0.3) is 5.91 Å². The summed E-state index contributed by atoms with van der Waals surface area (Å²) in [6.45, 7) is 8.03. The quantitative estimate of drug-likeness (QED) is 0.0340. The predicted octanol–water partition coefficient (Wildman–Crippen LogP) is 15.4. The smallest absolute Gasteiger partial charge is 0.506 e. The largest absolute Gasteiger partial charge is 0.530 e. The second-order valence-electron chi connectivity index (χ2n) is 17.1.